The van der Waals surface area contributed by atoms with Crippen molar-refractivity contribution in [2.24, 2.45) is 11.3 Å². The van der Waals surface area contributed by atoms with Crippen molar-refractivity contribution in [3.63, 3.8) is 0 Å². The molecule has 1 atom stereocenters. The second-order valence-electron chi connectivity index (χ2n) is 6.26. The SMILES string of the molecule is CCCCC1CCC(=S)N(CC(C)(C)C)C1=O. The first-order valence-corrected chi connectivity index (χ1v) is 7.10. The molecular formula is C14H25NOS. The first-order valence-electron chi connectivity index (χ1n) is 6.69. The number of hydrogen-bond acceptors (Lipinski definition) is 2. The van der Waals surface area contributed by atoms with Crippen LogP contribution in [0.2, 0.25) is 0 Å². The monoisotopic (exact) mass is 255 g/mol. The van der Waals surface area contributed by atoms with Gasteiger partial charge in [-0.2, -0.15) is 0 Å². The Morgan fingerprint density at radius 3 is 2.59 bits per heavy atom. The highest BCUT2D eigenvalue weighted by Gasteiger charge is 2.33. The summed E-state index contributed by atoms with van der Waals surface area (Å²) >= 11 is 5.34. The number of nitrogens with zero attached hydrogens (tertiary/aromatic N) is 1. The Kier molecular flexibility index (Phi) is 5.11. The maximum atomic E-state index is 12.4. The molecule has 17 heavy (non-hydrogen) atoms. The summed E-state index contributed by atoms with van der Waals surface area (Å²) in [6, 6.07) is 0. The van der Waals surface area contributed by atoms with Crippen molar-refractivity contribution < 1.29 is 4.79 Å². The van der Waals surface area contributed by atoms with E-state index in [1.165, 1.54) is 0 Å². The fraction of sp³-hybridized carbons (Fsp3) is 0.857. The molecule has 0 aromatic carbocycles. The molecule has 1 heterocycles. The van der Waals surface area contributed by atoms with Gasteiger partial charge in [-0.3, -0.25) is 4.79 Å². The summed E-state index contributed by atoms with van der Waals surface area (Å²) in [6.45, 7) is 9.38. The third-order valence-electron chi connectivity index (χ3n) is 3.16. The van der Waals surface area contributed by atoms with Gasteiger partial charge in [-0.05, 0) is 24.7 Å². The highest BCUT2D eigenvalue weighted by molar-refractivity contribution is 7.80. The molecule has 1 aliphatic heterocycles. The van der Waals surface area contributed by atoms with E-state index in [2.05, 4.69) is 27.7 Å². The lowest BCUT2D eigenvalue weighted by Crippen LogP contribution is -2.47. The molecule has 1 fully saturated rings. The van der Waals surface area contributed by atoms with Gasteiger partial charge < -0.3 is 4.90 Å². The Labute approximate surface area is 111 Å². The molecule has 1 rings (SSSR count). The molecule has 1 amide bonds. The molecule has 0 aromatic heterocycles. The van der Waals surface area contributed by atoms with Crippen LogP contribution in [0.25, 0.3) is 0 Å². The Balaban J connectivity index is 2.66. The van der Waals surface area contributed by atoms with E-state index in [1.54, 1.807) is 0 Å². The highest BCUT2D eigenvalue weighted by Crippen LogP contribution is 2.27. The molecule has 1 unspecified atom stereocenters. The van der Waals surface area contributed by atoms with Crippen LogP contribution in [-0.2, 0) is 4.79 Å². The number of hydrogen-bond donors (Lipinski definition) is 0. The van der Waals surface area contributed by atoms with Crippen molar-refractivity contribution in [1.82, 2.24) is 4.90 Å². The zero-order valence-corrected chi connectivity index (χ0v) is 12.4. The summed E-state index contributed by atoms with van der Waals surface area (Å²) in [5.41, 5.74) is 0.117. The van der Waals surface area contributed by atoms with E-state index in [0.717, 1.165) is 43.6 Å². The van der Waals surface area contributed by atoms with Gasteiger partial charge in [0, 0.05) is 12.5 Å². The first kappa shape index (κ1) is 14.6. The van der Waals surface area contributed by atoms with Gasteiger partial charge in [0.15, 0.2) is 0 Å². The maximum absolute atomic E-state index is 12.4. The largest absolute Gasteiger partial charge is 0.306 e. The molecule has 0 spiro atoms. The van der Waals surface area contributed by atoms with Gasteiger partial charge in [0.05, 0.1) is 4.99 Å². The minimum atomic E-state index is 0.117. The third kappa shape index (κ3) is 4.38. The number of piperidine rings is 1. The third-order valence-corrected chi connectivity index (χ3v) is 3.59. The fourth-order valence-electron chi connectivity index (χ4n) is 2.26. The predicted octanol–water partition coefficient (Wildman–Crippen LogP) is 3.79. The zero-order valence-electron chi connectivity index (χ0n) is 11.6. The fourth-order valence-corrected chi connectivity index (χ4v) is 2.53. The second-order valence-corrected chi connectivity index (χ2v) is 6.73. The average Bonchev–Trinajstić information content (AvgIpc) is 2.22. The molecular weight excluding hydrogens is 230 g/mol. The van der Waals surface area contributed by atoms with Crippen LogP contribution >= 0.6 is 12.2 Å². The molecule has 0 radical (unpaired) electrons. The van der Waals surface area contributed by atoms with Crippen LogP contribution in [0.3, 0.4) is 0 Å². The van der Waals surface area contributed by atoms with E-state index >= 15 is 0 Å². The Morgan fingerprint density at radius 1 is 1.41 bits per heavy atom. The van der Waals surface area contributed by atoms with Crippen LogP contribution in [0, 0.1) is 11.3 Å². The molecule has 0 bridgehead atoms. The van der Waals surface area contributed by atoms with Gasteiger partial charge in [-0.15, -0.1) is 0 Å². The van der Waals surface area contributed by atoms with Gasteiger partial charge >= 0.3 is 0 Å². The van der Waals surface area contributed by atoms with E-state index < -0.39 is 0 Å². The number of unbranched alkanes of at least 4 members (excludes halogenated alkanes) is 1. The topological polar surface area (TPSA) is 20.3 Å². The average molecular weight is 255 g/mol. The standard InChI is InChI=1S/C14H25NOS/c1-5-6-7-11-8-9-12(17)15(13(11)16)10-14(2,3)4/h11H,5-10H2,1-4H3. The minimum Gasteiger partial charge on any atom is -0.306 e. The molecule has 98 valence electrons. The number of amides is 1. The summed E-state index contributed by atoms with van der Waals surface area (Å²) in [6.07, 6.45) is 5.20. The maximum Gasteiger partial charge on any atom is 0.230 e. The van der Waals surface area contributed by atoms with E-state index in [-0.39, 0.29) is 17.2 Å². The zero-order chi connectivity index (χ0) is 13.1. The Morgan fingerprint density at radius 2 is 2.06 bits per heavy atom. The summed E-state index contributed by atoms with van der Waals surface area (Å²) in [4.78, 5) is 15.1. The van der Waals surface area contributed by atoms with Gasteiger partial charge in [0.25, 0.3) is 0 Å². The van der Waals surface area contributed by atoms with Gasteiger partial charge in [-0.1, -0.05) is 52.8 Å². The molecule has 0 saturated carbocycles. The molecule has 0 aliphatic carbocycles. The van der Waals surface area contributed by atoms with Crippen LogP contribution in [-0.4, -0.2) is 22.3 Å². The first-order chi connectivity index (χ1) is 7.85. The number of rotatable bonds is 4. The lowest BCUT2D eigenvalue weighted by atomic mass is 9.89. The van der Waals surface area contributed by atoms with Crippen molar-refractivity contribution in [1.29, 1.82) is 0 Å². The minimum absolute atomic E-state index is 0.117. The molecule has 0 aromatic rings. The van der Waals surface area contributed by atoms with Crippen molar-refractivity contribution in [2.75, 3.05) is 6.54 Å². The van der Waals surface area contributed by atoms with E-state index in [0.29, 0.717) is 0 Å². The molecule has 1 aliphatic rings. The number of carbonyl (C=O) groups is 1. The number of thiocarbonyl (C=S) groups is 1. The quantitative estimate of drug-likeness (QED) is 0.712. The smallest absolute Gasteiger partial charge is 0.230 e. The lowest BCUT2D eigenvalue weighted by molar-refractivity contribution is -0.134. The van der Waals surface area contributed by atoms with Crippen molar-refractivity contribution in [2.45, 2.75) is 59.8 Å². The van der Waals surface area contributed by atoms with Crippen LogP contribution in [0.4, 0.5) is 0 Å². The Bertz CT molecular complexity index is 293. The summed E-state index contributed by atoms with van der Waals surface area (Å²) in [5, 5.41) is 0. The van der Waals surface area contributed by atoms with Crippen LogP contribution in [0.1, 0.15) is 59.8 Å². The van der Waals surface area contributed by atoms with E-state index in [4.69, 9.17) is 12.2 Å². The van der Waals surface area contributed by atoms with E-state index in [9.17, 15) is 4.79 Å². The summed E-state index contributed by atoms with van der Waals surface area (Å²) in [7, 11) is 0. The van der Waals surface area contributed by atoms with Crippen LogP contribution in [0.5, 0.6) is 0 Å². The lowest BCUT2D eigenvalue weighted by Gasteiger charge is -2.36. The summed E-state index contributed by atoms with van der Waals surface area (Å²) < 4.78 is 0. The molecule has 0 N–H and O–H groups in total. The second kappa shape index (κ2) is 5.94. The molecule has 1 saturated heterocycles. The molecule has 3 heteroatoms. The molecule has 2 nitrogen and oxygen atoms in total. The van der Waals surface area contributed by atoms with Gasteiger partial charge in [0.2, 0.25) is 5.91 Å². The van der Waals surface area contributed by atoms with Crippen molar-refractivity contribution in [3.8, 4) is 0 Å². The Hall–Kier alpha value is -0.440. The van der Waals surface area contributed by atoms with Crippen LogP contribution in [0.15, 0.2) is 0 Å². The predicted molar refractivity (Wildman–Crippen MR) is 76.0 cm³/mol. The summed E-state index contributed by atoms with van der Waals surface area (Å²) in [5.74, 6) is 0.480. The van der Waals surface area contributed by atoms with Crippen molar-refractivity contribution >= 4 is 23.1 Å². The number of likely N-dealkylation sites (tertiary alicyclic amines) is 1. The van der Waals surface area contributed by atoms with Gasteiger partial charge in [0.1, 0.15) is 0 Å². The van der Waals surface area contributed by atoms with Gasteiger partial charge in [-0.25, -0.2) is 0 Å². The highest BCUT2D eigenvalue weighted by atomic mass is 32.1. The number of carbonyl (C=O) groups excluding carboxylic acids is 1. The van der Waals surface area contributed by atoms with Crippen LogP contribution < -0.4 is 0 Å². The van der Waals surface area contributed by atoms with E-state index in [1.807, 2.05) is 4.90 Å². The normalized spacial score (nSPS) is 22.1. The van der Waals surface area contributed by atoms with Crippen molar-refractivity contribution in [3.05, 3.63) is 0 Å².